The fourth-order valence-corrected chi connectivity index (χ4v) is 2.00. The Morgan fingerprint density at radius 1 is 1.05 bits per heavy atom. The van der Waals surface area contributed by atoms with Gasteiger partial charge in [0.25, 0.3) is 0 Å². The topological polar surface area (TPSA) is 67.4 Å². The summed E-state index contributed by atoms with van der Waals surface area (Å²) in [5.41, 5.74) is 0. The highest BCUT2D eigenvalue weighted by Crippen LogP contribution is 2.13. The zero-order valence-electron chi connectivity index (χ0n) is 12.8. The van der Waals surface area contributed by atoms with Crippen LogP contribution < -0.4 is 10.6 Å². The summed E-state index contributed by atoms with van der Waals surface area (Å²) in [6, 6.07) is 0.214. The standard InChI is InChI=1S/C14H28N2O3/c1-10(2)8-12(9-11(3)4)16-13(17)6-7-15-14(18)19-5/h10-12H,6-9H2,1-5H3,(H,15,18)(H,16,17). The number of methoxy groups -OCH3 is 1. The van der Waals surface area contributed by atoms with Gasteiger partial charge in [0.2, 0.25) is 5.91 Å². The van der Waals surface area contributed by atoms with E-state index in [-0.39, 0.29) is 18.4 Å². The summed E-state index contributed by atoms with van der Waals surface area (Å²) in [6.07, 6.45) is 1.73. The molecule has 0 aromatic carbocycles. The first-order chi connectivity index (χ1) is 8.85. The Balaban J connectivity index is 4.04. The number of alkyl carbamates (subject to hydrolysis) is 1. The lowest BCUT2D eigenvalue weighted by Crippen LogP contribution is -2.38. The van der Waals surface area contributed by atoms with E-state index >= 15 is 0 Å². The molecule has 0 saturated heterocycles. The largest absolute Gasteiger partial charge is 0.453 e. The third-order valence-corrected chi connectivity index (χ3v) is 2.68. The van der Waals surface area contributed by atoms with Crippen LogP contribution in [0.25, 0.3) is 0 Å². The van der Waals surface area contributed by atoms with Crippen molar-refractivity contribution < 1.29 is 14.3 Å². The molecule has 0 aliphatic rings. The minimum Gasteiger partial charge on any atom is -0.453 e. The van der Waals surface area contributed by atoms with E-state index in [1.54, 1.807) is 0 Å². The molecule has 0 radical (unpaired) electrons. The van der Waals surface area contributed by atoms with E-state index in [0.29, 0.717) is 18.4 Å². The molecule has 2 N–H and O–H groups in total. The molecule has 0 aromatic heterocycles. The maximum atomic E-state index is 11.8. The van der Waals surface area contributed by atoms with Crippen LogP contribution in [-0.2, 0) is 9.53 Å². The number of rotatable bonds is 8. The molecule has 0 aliphatic carbocycles. The molecule has 0 saturated carbocycles. The summed E-state index contributed by atoms with van der Waals surface area (Å²) >= 11 is 0. The van der Waals surface area contributed by atoms with Crippen molar-refractivity contribution in [1.29, 1.82) is 0 Å². The zero-order chi connectivity index (χ0) is 14.8. The first-order valence-corrected chi connectivity index (χ1v) is 6.96. The fourth-order valence-electron chi connectivity index (χ4n) is 2.00. The van der Waals surface area contributed by atoms with Crippen LogP contribution in [0.3, 0.4) is 0 Å². The van der Waals surface area contributed by atoms with E-state index in [4.69, 9.17) is 0 Å². The number of amides is 2. The predicted octanol–water partition coefficient (Wildman–Crippen LogP) is 2.31. The second kappa shape index (κ2) is 9.64. The number of nitrogens with one attached hydrogen (secondary N) is 2. The molecule has 2 amide bonds. The van der Waals surface area contributed by atoms with Crippen molar-refractivity contribution in [2.45, 2.75) is 53.0 Å². The molecule has 5 nitrogen and oxygen atoms in total. The van der Waals surface area contributed by atoms with Crippen molar-refractivity contribution in [2.75, 3.05) is 13.7 Å². The van der Waals surface area contributed by atoms with Crippen molar-refractivity contribution in [1.82, 2.24) is 10.6 Å². The average Bonchev–Trinajstić information content (AvgIpc) is 2.26. The number of hydrogen-bond acceptors (Lipinski definition) is 3. The van der Waals surface area contributed by atoms with Crippen molar-refractivity contribution in [3.63, 3.8) is 0 Å². The van der Waals surface area contributed by atoms with Crippen LogP contribution >= 0.6 is 0 Å². The fraction of sp³-hybridized carbons (Fsp3) is 0.857. The van der Waals surface area contributed by atoms with E-state index < -0.39 is 6.09 Å². The smallest absolute Gasteiger partial charge is 0.406 e. The summed E-state index contributed by atoms with van der Waals surface area (Å²) in [6.45, 7) is 8.90. The summed E-state index contributed by atoms with van der Waals surface area (Å²) in [5, 5.41) is 5.54. The van der Waals surface area contributed by atoms with Gasteiger partial charge in [0.15, 0.2) is 0 Å². The molecule has 0 spiro atoms. The molecule has 0 heterocycles. The highest BCUT2D eigenvalue weighted by Gasteiger charge is 2.15. The van der Waals surface area contributed by atoms with E-state index in [1.165, 1.54) is 7.11 Å². The summed E-state index contributed by atoms with van der Waals surface area (Å²) < 4.78 is 4.44. The Morgan fingerprint density at radius 3 is 2.00 bits per heavy atom. The van der Waals surface area contributed by atoms with Crippen LogP contribution in [0.5, 0.6) is 0 Å². The lowest BCUT2D eigenvalue weighted by Gasteiger charge is -2.22. The van der Waals surface area contributed by atoms with Crippen LogP contribution in [0, 0.1) is 11.8 Å². The normalized spacial score (nSPS) is 10.9. The Bertz CT molecular complexity index is 268. The molecule has 0 bridgehead atoms. The summed E-state index contributed by atoms with van der Waals surface area (Å²) in [7, 11) is 1.30. The minimum atomic E-state index is -0.506. The van der Waals surface area contributed by atoms with Crippen LogP contribution in [0.2, 0.25) is 0 Å². The third-order valence-electron chi connectivity index (χ3n) is 2.68. The third kappa shape index (κ3) is 10.4. The van der Waals surface area contributed by atoms with Crippen molar-refractivity contribution in [3.05, 3.63) is 0 Å². The number of carbonyl (C=O) groups excluding carboxylic acids is 2. The molecule has 0 aliphatic heterocycles. The number of carbonyl (C=O) groups is 2. The second-order valence-corrected chi connectivity index (χ2v) is 5.69. The van der Waals surface area contributed by atoms with Gasteiger partial charge in [0, 0.05) is 19.0 Å². The Kier molecular flexibility index (Phi) is 9.00. The van der Waals surface area contributed by atoms with Crippen LogP contribution in [0.1, 0.15) is 47.0 Å². The highest BCUT2D eigenvalue weighted by molar-refractivity contribution is 5.77. The Morgan fingerprint density at radius 2 is 1.58 bits per heavy atom. The summed E-state index contributed by atoms with van der Waals surface area (Å²) in [5.74, 6) is 1.08. The van der Waals surface area contributed by atoms with E-state index in [1.807, 2.05) is 0 Å². The molecule has 0 fully saturated rings. The molecule has 112 valence electrons. The number of ether oxygens (including phenoxy) is 1. The minimum absolute atomic E-state index is 0.0253. The second-order valence-electron chi connectivity index (χ2n) is 5.69. The van der Waals surface area contributed by atoms with E-state index in [9.17, 15) is 9.59 Å². The maximum Gasteiger partial charge on any atom is 0.406 e. The van der Waals surface area contributed by atoms with Gasteiger partial charge in [0.05, 0.1) is 7.11 Å². The molecule has 5 heteroatoms. The van der Waals surface area contributed by atoms with E-state index in [2.05, 4.69) is 43.1 Å². The predicted molar refractivity (Wildman–Crippen MR) is 75.9 cm³/mol. The van der Waals surface area contributed by atoms with Gasteiger partial charge < -0.3 is 15.4 Å². The molecular weight excluding hydrogens is 244 g/mol. The van der Waals surface area contributed by atoms with Gasteiger partial charge in [0.1, 0.15) is 0 Å². The molecule has 0 unspecified atom stereocenters. The van der Waals surface area contributed by atoms with Gasteiger partial charge >= 0.3 is 6.09 Å². The molecule has 0 rings (SSSR count). The van der Waals surface area contributed by atoms with Gasteiger partial charge in [-0.3, -0.25) is 4.79 Å². The zero-order valence-corrected chi connectivity index (χ0v) is 12.8. The van der Waals surface area contributed by atoms with Gasteiger partial charge in [-0.25, -0.2) is 4.79 Å². The monoisotopic (exact) mass is 272 g/mol. The maximum absolute atomic E-state index is 11.8. The SMILES string of the molecule is COC(=O)NCCC(=O)NC(CC(C)C)CC(C)C. The first kappa shape index (κ1) is 17.7. The van der Waals surface area contributed by atoms with Crippen molar-refractivity contribution in [2.24, 2.45) is 11.8 Å². The Hall–Kier alpha value is -1.26. The van der Waals surface area contributed by atoms with Crippen molar-refractivity contribution >= 4 is 12.0 Å². The lowest BCUT2D eigenvalue weighted by atomic mass is 9.95. The lowest BCUT2D eigenvalue weighted by molar-refractivity contribution is -0.121. The van der Waals surface area contributed by atoms with Gasteiger partial charge in [-0.05, 0) is 24.7 Å². The molecule has 0 atom stereocenters. The Labute approximate surface area is 116 Å². The highest BCUT2D eigenvalue weighted by atomic mass is 16.5. The molecule has 19 heavy (non-hydrogen) atoms. The average molecular weight is 272 g/mol. The van der Waals surface area contributed by atoms with Crippen LogP contribution in [0.15, 0.2) is 0 Å². The molecular formula is C14H28N2O3. The van der Waals surface area contributed by atoms with Crippen LogP contribution in [-0.4, -0.2) is 31.7 Å². The van der Waals surface area contributed by atoms with E-state index in [0.717, 1.165) is 12.8 Å². The van der Waals surface area contributed by atoms with Gasteiger partial charge in [-0.1, -0.05) is 27.7 Å². The quantitative estimate of drug-likeness (QED) is 0.712. The summed E-state index contributed by atoms with van der Waals surface area (Å²) in [4.78, 5) is 22.6. The molecule has 0 aromatic rings. The number of hydrogen-bond donors (Lipinski definition) is 2. The van der Waals surface area contributed by atoms with Gasteiger partial charge in [-0.2, -0.15) is 0 Å². The van der Waals surface area contributed by atoms with Gasteiger partial charge in [-0.15, -0.1) is 0 Å². The van der Waals surface area contributed by atoms with Crippen molar-refractivity contribution in [3.8, 4) is 0 Å². The first-order valence-electron chi connectivity index (χ1n) is 6.96. The van der Waals surface area contributed by atoms with Crippen LogP contribution in [0.4, 0.5) is 4.79 Å².